The summed E-state index contributed by atoms with van der Waals surface area (Å²) < 4.78 is 1.01. The minimum Gasteiger partial charge on any atom is -0.394 e. The van der Waals surface area contributed by atoms with Crippen molar-refractivity contribution in [1.29, 1.82) is 0 Å². The topological polar surface area (TPSA) is 62.2 Å². The number of aromatic nitrogens is 1. The second-order valence-electron chi connectivity index (χ2n) is 4.78. The summed E-state index contributed by atoms with van der Waals surface area (Å²) >= 11 is 1.52. The lowest BCUT2D eigenvalue weighted by molar-refractivity contribution is 0.0642. The van der Waals surface area contributed by atoms with Gasteiger partial charge in [0, 0.05) is 5.56 Å². The average molecular weight is 262 g/mol. The maximum atomic E-state index is 12.1. The van der Waals surface area contributed by atoms with E-state index in [1.54, 1.807) is 11.6 Å². The first kappa shape index (κ1) is 11.6. The summed E-state index contributed by atoms with van der Waals surface area (Å²) in [4.78, 5) is 16.3. The number of nitrogens with zero attached hydrogens (tertiary/aromatic N) is 1. The van der Waals surface area contributed by atoms with Crippen LogP contribution < -0.4 is 5.32 Å². The van der Waals surface area contributed by atoms with E-state index in [0.29, 0.717) is 5.56 Å². The van der Waals surface area contributed by atoms with Crippen LogP contribution in [0.25, 0.3) is 10.2 Å². The van der Waals surface area contributed by atoms with Crippen molar-refractivity contribution >= 4 is 27.5 Å². The molecule has 94 valence electrons. The monoisotopic (exact) mass is 262 g/mol. The van der Waals surface area contributed by atoms with Crippen LogP contribution in [0, 0.1) is 0 Å². The molecular formula is C13H14N2O2S. The molecule has 2 N–H and O–H groups in total. The largest absolute Gasteiger partial charge is 0.394 e. The molecule has 1 aliphatic rings. The summed E-state index contributed by atoms with van der Waals surface area (Å²) in [5, 5.41) is 12.3. The Morgan fingerprint density at radius 3 is 3.00 bits per heavy atom. The Labute approximate surface area is 109 Å². The van der Waals surface area contributed by atoms with E-state index in [1.165, 1.54) is 11.3 Å². The maximum Gasteiger partial charge on any atom is 0.251 e. The summed E-state index contributed by atoms with van der Waals surface area (Å²) in [6, 6.07) is 5.49. The zero-order valence-electron chi connectivity index (χ0n) is 9.85. The Morgan fingerprint density at radius 1 is 1.50 bits per heavy atom. The van der Waals surface area contributed by atoms with Crippen LogP contribution in [0.2, 0.25) is 0 Å². The van der Waals surface area contributed by atoms with Crippen LogP contribution >= 0.6 is 11.3 Å². The number of aliphatic hydroxyl groups is 1. The van der Waals surface area contributed by atoms with E-state index in [2.05, 4.69) is 10.3 Å². The van der Waals surface area contributed by atoms with Crippen LogP contribution in [0.1, 0.15) is 29.6 Å². The van der Waals surface area contributed by atoms with Gasteiger partial charge in [0.05, 0.1) is 27.9 Å². The fourth-order valence-electron chi connectivity index (χ4n) is 2.24. The van der Waals surface area contributed by atoms with Gasteiger partial charge in [0.15, 0.2) is 0 Å². The summed E-state index contributed by atoms with van der Waals surface area (Å²) in [7, 11) is 0. The smallest absolute Gasteiger partial charge is 0.251 e. The number of nitrogens with one attached hydrogen (secondary N) is 1. The molecule has 1 aromatic carbocycles. The molecule has 2 aromatic rings. The normalized spacial score (nSPS) is 17.4. The van der Waals surface area contributed by atoms with Crippen LogP contribution in [0.15, 0.2) is 23.7 Å². The van der Waals surface area contributed by atoms with E-state index >= 15 is 0 Å². The van der Waals surface area contributed by atoms with Gasteiger partial charge in [0.1, 0.15) is 0 Å². The molecular weight excluding hydrogens is 248 g/mol. The third kappa shape index (κ3) is 1.89. The van der Waals surface area contributed by atoms with E-state index in [1.807, 2.05) is 12.1 Å². The van der Waals surface area contributed by atoms with Crippen LogP contribution in [-0.2, 0) is 0 Å². The standard InChI is InChI=1S/C13H14N2O2S/c16-7-13(4-1-5-13)15-12(17)9-2-3-10-11(6-9)18-8-14-10/h2-3,6,8,16H,1,4-5,7H2,(H,15,17). The second kappa shape index (κ2) is 4.33. The van der Waals surface area contributed by atoms with E-state index < -0.39 is 0 Å². The molecule has 0 spiro atoms. The fourth-order valence-corrected chi connectivity index (χ4v) is 2.95. The fraction of sp³-hybridized carbons (Fsp3) is 0.385. The van der Waals surface area contributed by atoms with Gasteiger partial charge in [0.2, 0.25) is 0 Å². The Kier molecular flexibility index (Phi) is 2.80. The lowest BCUT2D eigenvalue weighted by atomic mass is 9.77. The van der Waals surface area contributed by atoms with Crippen molar-refractivity contribution in [2.45, 2.75) is 24.8 Å². The molecule has 0 unspecified atom stereocenters. The molecule has 0 atom stereocenters. The third-order valence-electron chi connectivity index (χ3n) is 3.59. The Morgan fingerprint density at radius 2 is 2.33 bits per heavy atom. The highest BCUT2D eigenvalue weighted by molar-refractivity contribution is 7.16. The maximum absolute atomic E-state index is 12.1. The van der Waals surface area contributed by atoms with Gasteiger partial charge in [-0.15, -0.1) is 11.3 Å². The first-order valence-corrected chi connectivity index (χ1v) is 6.87. The van der Waals surface area contributed by atoms with Crippen molar-refractivity contribution in [3.8, 4) is 0 Å². The van der Waals surface area contributed by atoms with E-state index in [9.17, 15) is 9.90 Å². The molecule has 1 aliphatic carbocycles. The van der Waals surface area contributed by atoms with Gasteiger partial charge < -0.3 is 10.4 Å². The Bertz CT molecular complexity index is 584. The molecule has 1 aromatic heterocycles. The number of hydrogen-bond donors (Lipinski definition) is 2. The van der Waals surface area contributed by atoms with E-state index in [0.717, 1.165) is 29.5 Å². The number of benzene rings is 1. The molecule has 18 heavy (non-hydrogen) atoms. The number of hydrogen-bond acceptors (Lipinski definition) is 4. The van der Waals surface area contributed by atoms with E-state index in [4.69, 9.17) is 0 Å². The predicted molar refractivity (Wildman–Crippen MR) is 70.8 cm³/mol. The molecule has 0 aliphatic heterocycles. The van der Waals surface area contributed by atoms with Crippen LogP contribution in [-0.4, -0.2) is 28.1 Å². The SMILES string of the molecule is O=C(NC1(CO)CCC1)c1ccc2ncsc2c1. The van der Waals surface area contributed by atoms with Crippen molar-refractivity contribution in [3.63, 3.8) is 0 Å². The molecule has 0 saturated heterocycles. The quantitative estimate of drug-likeness (QED) is 0.888. The Hall–Kier alpha value is -1.46. The molecule has 0 bridgehead atoms. The Balaban J connectivity index is 1.83. The number of carbonyl (C=O) groups excluding carboxylic acids is 1. The van der Waals surface area contributed by atoms with Gasteiger partial charge in [-0.25, -0.2) is 4.98 Å². The molecule has 1 fully saturated rings. The number of fused-ring (bicyclic) bond motifs is 1. The third-order valence-corrected chi connectivity index (χ3v) is 4.38. The minimum absolute atomic E-state index is 0.0154. The first-order valence-electron chi connectivity index (χ1n) is 5.99. The zero-order chi connectivity index (χ0) is 12.6. The van der Waals surface area contributed by atoms with Crippen molar-refractivity contribution in [2.75, 3.05) is 6.61 Å². The summed E-state index contributed by atoms with van der Waals surface area (Å²) in [5.74, 6) is -0.112. The van der Waals surface area contributed by atoms with Gasteiger partial charge >= 0.3 is 0 Å². The molecule has 4 nitrogen and oxygen atoms in total. The molecule has 5 heteroatoms. The van der Waals surface area contributed by atoms with Crippen LogP contribution in [0.5, 0.6) is 0 Å². The van der Waals surface area contributed by atoms with Gasteiger partial charge in [-0.3, -0.25) is 4.79 Å². The molecule has 1 amide bonds. The van der Waals surface area contributed by atoms with Gasteiger partial charge in [-0.1, -0.05) is 0 Å². The highest BCUT2D eigenvalue weighted by Gasteiger charge is 2.37. The lowest BCUT2D eigenvalue weighted by Crippen LogP contribution is -2.56. The predicted octanol–water partition coefficient (Wildman–Crippen LogP) is 1.94. The molecule has 0 radical (unpaired) electrons. The highest BCUT2D eigenvalue weighted by atomic mass is 32.1. The summed E-state index contributed by atoms with van der Waals surface area (Å²) in [6.45, 7) is 0.0154. The first-order chi connectivity index (χ1) is 8.72. The number of carbonyl (C=O) groups is 1. The van der Waals surface area contributed by atoms with Crippen LogP contribution in [0.3, 0.4) is 0 Å². The lowest BCUT2D eigenvalue weighted by Gasteiger charge is -2.40. The van der Waals surface area contributed by atoms with Crippen molar-refractivity contribution in [3.05, 3.63) is 29.3 Å². The van der Waals surface area contributed by atoms with Crippen LogP contribution in [0.4, 0.5) is 0 Å². The van der Waals surface area contributed by atoms with Gasteiger partial charge in [-0.2, -0.15) is 0 Å². The average Bonchev–Trinajstić information content (AvgIpc) is 2.80. The van der Waals surface area contributed by atoms with E-state index in [-0.39, 0.29) is 18.1 Å². The van der Waals surface area contributed by atoms with Crippen molar-refractivity contribution in [1.82, 2.24) is 10.3 Å². The molecule has 1 heterocycles. The van der Waals surface area contributed by atoms with Crippen molar-refractivity contribution < 1.29 is 9.90 Å². The number of thiazole rings is 1. The second-order valence-corrected chi connectivity index (χ2v) is 5.67. The number of rotatable bonds is 3. The van der Waals surface area contributed by atoms with Crippen molar-refractivity contribution in [2.24, 2.45) is 0 Å². The summed E-state index contributed by atoms with van der Waals surface area (Å²) in [6.07, 6.45) is 2.78. The minimum atomic E-state index is -0.389. The molecule has 3 rings (SSSR count). The summed E-state index contributed by atoms with van der Waals surface area (Å²) in [5.41, 5.74) is 2.93. The number of amides is 1. The van der Waals surface area contributed by atoms with Gasteiger partial charge in [-0.05, 0) is 37.5 Å². The molecule has 1 saturated carbocycles. The number of aliphatic hydroxyl groups excluding tert-OH is 1. The zero-order valence-corrected chi connectivity index (χ0v) is 10.7. The highest BCUT2D eigenvalue weighted by Crippen LogP contribution is 2.31. The van der Waals surface area contributed by atoms with Gasteiger partial charge in [0.25, 0.3) is 5.91 Å².